The van der Waals surface area contributed by atoms with Crippen molar-refractivity contribution in [3.63, 3.8) is 0 Å². The van der Waals surface area contributed by atoms with Crippen molar-refractivity contribution in [3.8, 4) is 5.75 Å². The van der Waals surface area contributed by atoms with Crippen molar-refractivity contribution in [2.24, 2.45) is 5.92 Å². The number of carbonyl (C=O) groups is 1. The lowest BCUT2D eigenvalue weighted by atomic mass is 9.80. The molecule has 1 aliphatic heterocycles. The molecule has 1 N–H and O–H groups in total. The first-order valence-electron chi connectivity index (χ1n) is 9.52. The molecule has 1 amide bonds. The van der Waals surface area contributed by atoms with Crippen LogP contribution in [0.3, 0.4) is 0 Å². The predicted molar refractivity (Wildman–Crippen MR) is 108 cm³/mol. The second-order valence-corrected chi connectivity index (χ2v) is 8.85. The van der Waals surface area contributed by atoms with Gasteiger partial charge < -0.3 is 15.0 Å². The molecule has 29 heavy (non-hydrogen) atoms. The molecule has 1 saturated carbocycles. The SMILES string of the molecule is CC1(NC(=O)[C@H]2C[C@H](Oc3cc(F)cc4scnc34)C2)CN(c2ncccn2)C1. The number of rotatable bonds is 5. The fourth-order valence-electron chi connectivity index (χ4n) is 3.92. The van der Waals surface area contributed by atoms with Gasteiger partial charge in [-0.15, -0.1) is 11.3 Å². The van der Waals surface area contributed by atoms with Gasteiger partial charge in [-0.1, -0.05) is 0 Å². The third kappa shape index (κ3) is 3.50. The first-order valence-corrected chi connectivity index (χ1v) is 10.4. The molecule has 0 spiro atoms. The maximum Gasteiger partial charge on any atom is 0.225 e. The number of anilines is 1. The molecular weight excluding hydrogens is 393 g/mol. The fourth-order valence-corrected chi connectivity index (χ4v) is 4.64. The summed E-state index contributed by atoms with van der Waals surface area (Å²) in [6, 6.07) is 4.60. The second kappa shape index (κ2) is 6.91. The van der Waals surface area contributed by atoms with E-state index in [2.05, 4.69) is 20.3 Å². The topological polar surface area (TPSA) is 80.2 Å². The zero-order valence-corrected chi connectivity index (χ0v) is 16.7. The molecular formula is C20H20FN5O2S. The van der Waals surface area contributed by atoms with Crippen LogP contribution in [0.25, 0.3) is 10.2 Å². The standard InChI is InChI=1S/C20H20FN5O2S/c1-20(9-26(10-20)19-22-3-2-4-23-19)25-18(27)12-5-14(6-12)28-15-7-13(21)8-16-17(15)24-11-29-16/h2-4,7-8,11-12,14H,5-6,9-10H2,1H3,(H,25,27)/t12-,14-. The van der Waals surface area contributed by atoms with Crippen molar-refractivity contribution in [2.75, 3.05) is 18.0 Å². The van der Waals surface area contributed by atoms with E-state index >= 15 is 0 Å². The van der Waals surface area contributed by atoms with Crippen LogP contribution in [0.15, 0.2) is 36.1 Å². The Morgan fingerprint density at radius 3 is 2.79 bits per heavy atom. The van der Waals surface area contributed by atoms with E-state index in [0.29, 0.717) is 43.1 Å². The van der Waals surface area contributed by atoms with Crippen molar-refractivity contribution < 1.29 is 13.9 Å². The van der Waals surface area contributed by atoms with Crippen molar-refractivity contribution in [3.05, 3.63) is 41.9 Å². The minimum absolute atomic E-state index is 0.0408. The lowest BCUT2D eigenvalue weighted by Crippen LogP contribution is -2.70. The molecule has 2 aliphatic rings. The molecule has 0 atom stereocenters. The molecule has 0 radical (unpaired) electrons. The van der Waals surface area contributed by atoms with Crippen LogP contribution in [0.4, 0.5) is 10.3 Å². The van der Waals surface area contributed by atoms with Crippen molar-refractivity contribution in [2.45, 2.75) is 31.4 Å². The first-order chi connectivity index (χ1) is 14.0. The molecule has 7 nitrogen and oxygen atoms in total. The predicted octanol–water partition coefficient (Wildman–Crippen LogP) is 2.78. The van der Waals surface area contributed by atoms with Crippen molar-refractivity contribution in [1.82, 2.24) is 20.3 Å². The Balaban J connectivity index is 1.13. The molecule has 1 aromatic carbocycles. The smallest absolute Gasteiger partial charge is 0.225 e. The summed E-state index contributed by atoms with van der Waals surface area (Å²) in [6.45, 7) is 3.39. The van der Waals surface area contributed by atoms with Gasteiger partial charge in [0.2, 0.25) is 11.9 Å². The highest BCUT2D eigenvalue weighted by Crippen LogP contribution is 2.36. The number of nitrogens with one attached hydrogen (secondary N) is 1. The number of benzene rings is 1. The molecule has 0 unspecified atom stereocenters. The average molecular weight is 413 g/mol. The molecule has 0 bridgehead atoms. The van der Waals surface area contributed by atoms with Gasteiger partial charge in [0.25, 0.3) is 0 Å². The van der Waals surface area contributed by atoms with Crippen LogP contribution in [0.1, 0.15) is 19.8 Å². The first kappa shape index (κ1) is 18.2. The number of amides is 1. The van der Waals surface area contributed by atoms with Crippen LogP contribution in [0, 0.1) is 11.7 Å². The number of hydrogen-bond acceptors (Lipinski definition) is 7. The van der Waals surface area contributed by atoms with E-state index in [1.165, 1.54) is 23.5 Å². The van der Waals surface area contributed by atoms with E-state index in [4.69, 9.17) is 4.74 Å². The van der Waals surface area contributed by atoms with Crippen molar-refractivity contribution >= 4 is 33.4 Å². The van der Waals surface area contributed by atoms with Gasteiger partial charge in [0.15, 0.2) is 0 Å². The monoisotopic (exact) mass is 413 g/mol. The molecule has 2 aromatic heterocycles. The summed E-state index contributed by atoms with van der Waals surface area (Å²) < 4.78 is 20.4. The summed E-state index contributed by atoms with van der Waals surface area (Å²) in [5.74, 6) is 0.752. The van der Waals surface area contributed by atoms with E-state index in [1.807, 2.05) is 11.8 Å². The number of hydrogen-bond donors (Lipinski definition) is 1. The van der Waals surface area contributed by atoms with Crippen LogP contribution in [0.5, 0.6) is 5.75 Å². The highest BCUT2D eigenvalue weighted by atomic mass is 32.1. The number of halogens is 1. The Morgan fingerprint density at radius 2 is 2.03 bits per heavy atom. The van der Waals surface area contributed by atoms with Gasteiger partial charge in [-0.2, -0.15) is 0 Å². The van der Waals surface area contributed by atoms with Crippen LogP contribution in [0.2, 0.25) is 0 Å². The molecule has 2 fully saturated rings. The maximum atomic E-state index is 13.8. The number of nitrogens with zero attached hydrogens (tertiary/aromatic N) is 4. The summed E-state index contributed by atoms with van der Waals surface area (Å²) in [4.78, 5) is 27.4. The lowest BCUT2D eigenvalue weighted by Gasteiger charge is -2.49. The zero-order chi connectivity index (χ0) is 20.0. The molecule has 9 heteroatoms. The Hall–Kier alpha value is -2.81. The summed E-state index contributed by atoms with van der Waals surface area (Å²) in [5, 5.41) is 3.15. The van der Waals surface area contributed by atoms with Crippen LogP contribution in [-0.4, -0.2) is 45.6 Å². The van der Waals surface area contributed by atoms with Gasteiger partial charge in [0.1, 0.15) is 23.2 Å². The van der Waals surface area contributed by atoms with Crippen LogP contribution in [-0.2, 0) is 4.79 Å². The molecule has 3 aromatic rings. The number of aromatic nitrogens is 3. The fraction of sp³-hybridized carbons (Fsp3) is 0.400. The largest absolute Gasteiger partial charge is 0.488 e. The zero-order valence-electron chi connectivity index (χ0n) is 15.8. The second-order valence-electron chi connectivity index (χ2n) is 7.97. The Kier molecular flexibility index (Phi) is 4.34. The average Bonchev–Trinajstić information content (AvgIpc) is 3.11. The van der Waals surface area contributed by atoms with Crippen molar-refractivity contribution in [1.29, 1.82) is 0 Å². The summed E-state index contributed by atoms with van der Waals surface area (Å²) in [6.07, 6.45) is 4.57. The Morgan fingerprint density at radius 1 is 1.28 bits per heavy atom. The molecule has 150 valence electrons. The molecule has 5 rings (SSSR count). The van der Waals surface area contributed by atoms with Crippen LogP contribution < -0.4 is 15.0 Å². The third-order valence-electron chi connectivity index (χ3n) is 5.47. The van der Waals surface area contributed by atoms with Crippen LogP contribution >= 0.6 is 11.3 Å². The van der Waals surface area contributed by atoms with E-state index in [-0.39, 0.29) is 29.3 Å². The normalized spacial score (nSPS) is 22.6. The minimum Gasteiger partial charge on any atom is -0.488 e. The molecule has 1 saturated heterocycles. The third-order valence-corrected chi connectivity index (χ3v) is 6.24. The van der Waals surface area contributed by atoms with E-state index < -0.39 is 0 Å². The van der Waals surface area contributed by atoms with Gasteiger partial charge in [0.05, 0.1) is 15.7 Å². The van der Waals surface area contributed by atoms with Gasteiger partial charge in [0, 0.05) is 37.5 Å². The van der Waals surface area contributed by atoms with E-state index in [9.17, 15) is 9.18 Å². The summed E-state index contributed by atoms with van der Waals surface area (Å²) in [7, 11) is 0. The quantitative estimate of drug-likeness (QED) is 0.693. The number of carbonyl (C=O) groups excluding carboxylic acids is 1. The highest BCUT2D eigenvalue weighted by Gasteiger charge is 2.44. The summed E-state index contributed by atoms with van der Waals surface area (Å²) in [5.41, 5.74) is 2.07. The van der Waals surface area contributed by atoms with E-state index in [0.717, 1.165) is 4.70 Å². The Labute approximate surface area is 170 Å². The minimum atomic E-state index is -0.338. The summed E-state index contributed by atoms with van der Waals surface area (Å²) >= 11 is 1.38. The maximum absolute atomic E-state index is 13.8. The highest BCUT2D eigenvalue weighted by molar-refractivity contribution is 7.16. The number of thiazole rings is 1. The lowest BCUT2D eigenvalue weighted by molar-refractivity contribution is -0.132. The van der Waals surface area contributed by atoms with Gasteiger partial charge in [-0.25, -0.2) is 19.3 Å². The van der Waals surface area contributed by atoms with Gasteiger partial charge in [-0.3, -0.25) is 4.79 Å². The van der Waals surface area contributed by atoms with E-state index in [1.54, 1.807) is 24.0 Å². The number of ether oxygens (including phenoxy) is 1. The van der Waals surface area contributed by atoms with Gasteiger partial charge in [-0.05, 0) is 31.9 Å². The number of fused-ring (bicyclic) bond motifs is 1. The molecule has 1 aliphatic carbocycles. The molecule has 3 heterocycles. The van der Waals surface area contributed by atoms with Gasteiger partial charge >= 0.3 is 0 Å². The Bertz CT molecular complexity index is 1050.